The quantitative estimate of drug-likeness (QED) is 0.575. The monoisotopic (exact) mass is 564 g/mol. The van der Waals surface area contributed by atoms with E-state index in [1.165, 1.54) is 0 Å². The van der Waals surface area contributed by atoms with Gasteiger partial charge in [0.15, 0.2) is 0 Å². The van der Waals surface area contributed by atoms with Gasteiger partial charge in [0.05, 0.1) is 24.6 Å². The average Bonchev–Trinajstić information content (AvgIpc) is 3.44. The number of amides is 4. The van der Waals surface area contributed by atoms with Gasteiger partial charge in [0.1, 0.15) is 6.61 Å². The molecule has 0 spiro atoms. The van der Waals surface area contributed by atoms with Gasteiger partial charge in [-0.05, 0) is 43.1 Å². The van der Waals surface area contributed by atoms with Crippen molar-refractivity contribution in [3.8, 4) is 0 Å². The zero-order valence-corrected chi connectivity index (χ0v) is 23.6. The van der Waals surface area contributed by atoms with Crippen LogP contribution in [-0.2, 0) is 16.1 Å². The molecule has 11 heteroatoms. The fourth-order valence-electron chi connectivity index (χ4n) is 5.45. The molecule has 3 aliphatic heterocycles. The molecular weight excluding hydrogens is 524 g/mol. The molecule has 5 rings (SSSR count). The van der Waals surface area contributed by atoms with Crippen LogP contribution in [0.25, 0.3) is 0 Å². The molecule has 2 N–H and O–H groups in total. The van der Waals surface area contributed by atoms with E-state index in [1.807, 2.05) is 57.2 Å². The Kier molecular flexibility index (Phi) is 9.92. The number of benzene rings is 2. The van der Waals surface area contributed by atoms with Gasteiger partial charge in [-0.25, -0.2) is 9.59 Å². The smallest absolute Gasteiger partial charge is 0.412 e. The Labute approximate surface area is 241 Å². The highest BCUT2D eigenvalue weighted by Crippen LogP contribution is 2.29. The van der Waals surface area contributed by atoms with Crippen molar-refractivity contribution in [3.63, 3.8) is 0 Å². The summed E-state index contributed by atoms with van der Waals surface area (Å²) in [4.78, 5) is 47.2. The first-order valence-electron chi connectivity index (χ1n) is 14.6. The van der Waals surface area contributed by atoms with Gasteiger partial charge in [-0.1, -0.05) is 30.3 Å². The molecule has 2 aromatic carbocycles. The predicted octanol–water partition coefficient (Wildman–Crippen LogP) is 2.84. The Morgan fingerprint density at radius 1 is 0.805 bits per heavy atom. The van der Waals surface area contributed by atoms with E-state index in [0.29, 0.717) is 76.8 Å². The third-order valence-corrected chi connectivity index (χ3v) is 7.71. The van der Waals surface area contributed by atoms with Crippen LogP contribution in [-0.4, -0.2) is 111 Å². The molecule has 3 fully saturated rings. The number of rotatable bonds is 5. The van der Waals surface area contributed by atoms with Gasteiger partial charge in [-0.2, -0.15) is 0 Å². The number of hydrogen-bond donors (Lipinski definition) is 2. The second-order valence-corrected chi connectivity index (χ2v) is 10.5. The topological polar surface area (TPSA) is 107 Å². The van der Waals surface area contributed by atoms with E-state index >= 15 is 0 Å². The molecule has 0 bridgehead atoms. The van der Waals surface area contributed by atoms with Crippen LogP contribution in [0.4, 0.5) is 21.0 Å². The molecule has 4 amide bonds. The molecule has 3 aliphatic rings. The molecule has 0 atom stereocenters. The second-order valence-electron chi connectivity index (χ2n) is 10.5. The van der Waals surface area contributed by atoms with Gasteiger partial charge in [-0.15, -0.1) is 0 Å². The molecule has 11 nitrogen and oxygen atoms in total. The number of hydrogen-bond acceptors (Lipinski definition) is 7. The Hall–Kier alpha value is -3.83. The van der Waals surface area contributed by atoms with Crippen LogP contribution in [0.2, 0.25) is 0 Å². The number of urea groups is 1. The summed E-state index contributed by atoms with van der Waals surface area (Å²) in [7, 11) is 0. The number of carbonyl (C=O) groups is 3. The van der Waals surface area contributed by atoms with E-state index in [0.717, 1.165) is 37.2 Å². The van der Waals surface area contributed by atoms with E-state index in [9.17, 15) is 14.4 Å². The van der Waals surface area contributed by atoms with Crippen LogP contribution >= 0.6 is 0 Å². The lowest BCUT2D eigenvalue weighted by atomic mass is 10.1. The van der Waals surface area contributed by atoms with E-state index in [-0.39, 0.29) is 18.5 Å². The van der Waals surface area contributed by atoms with Crippen molar-refractivity contribution in [1.82, 2.24) is 20.0 Å². The van der Waals surface area contributed by atoms with Crippen molar-refractivity contribution in [1.29, 1.82) is 0 Å². The minimum Gasteiger partial charge on any atom is -0.444 e. The molecule has 0 aliphatic carbocycles. The summed E-state index contributed by atoms with van der Waals surface area (Å²) in [6, 6.07) is 15.0. The largest absolute Gasteiger partial charge is 0.444 e. The summed E-state index contributed by atoms with van der Waals surface area (Å²) in [5, 5.41) is 6.23. The maximum absolute atomic E-state index is 13.4. The van der Waals surface area contributed by atoms with Crippen LogP contribution in [0.1, 0.15) is 28.8 Å². The highest BCUT2D eigenvalue weighted by atomic mass is 16.5. The third-order valence-electron chi connectivity index (χ3n) is 7.71. The molecule has 2 aromatic rings. The van der Waals surface area contributed by atoms with Crippen LogP contribution in [0, 0.1) is 0 Å². The summed E-state index contributed by atoms with van der Waals surface area (Å²) < 4.78 is 10.9. The van der Waals surface area contributed by atoms with Gasteiger partial charge in [0.2, 0.25) is 0 Å². The maximum Gasteiger partial charge on any atom is 0.412 e. The Morgan fingerprint density at radius 2 is 1.59 bits per heavy atom. The Balaban J connectivity index is 1.32. The number of anilines is 2. The van der Waals surface area contributed by atoms with E-state index < -0.39 is 6.09 Å². The van der Waals surface area contributed by atoms with Crippen LogP contribution in [0.5, 0.6) is 0 Å². The number of ether oxygens (including phenoxy) is 2. The summed E-state index contributed by atoms with van der Waals surface area (Å²) >= 11 is 0. The van der Waals surface area contributed by atoms with Crippen LogP contribution < -0.4 is 15.5 Å². The molecule has 3 heterocycles. The van der Waals surface area contributed by atoms with E-state index in [4.69, 9.17) is 9.47 Å². The number of carbonyl (C=O) groups excluding carboxylic acids is 3. The lowest BCUT2D eigenvalue weighted by Gasteiger charge is -2.32. The average molecular weight is 565 g/mol. The molecule has 0 unspecified atom stereocenters. The number of nitrogens with zero attached hydrogens (tertiary/aromatic N) is 4. The van der Waals surface area contributed by atoms with Crippen LogP contribution in [0.3, 0.4) is 0 Å². The molecule has 41 heavy (non-hydrogen) atoms. The maximum atomic E-state index is 13.4. The Morgan fingerprint density at radius 3 is 2.41 bits per heavy atom. The molecule has 0 radical (unpaired) electrons. The highest BCUT2D eigenvalue weighted by Gasteiger charge is 2.27. The van der Waals surface area contributed by atoms with Crippen LogP contribution in [0.15, 0.2) is 48.5 Å². The number of nitrogens with one attached hydrogen (secondary N) is 2. The molecule has 3 saturated heterocycles. The minimum absolute atomic E-state index is 0.0471. The van der Waals surface area contributed by atoms with Crippen molar-refractivity contribution in [2.75, 3.05) is 88.9 Å². The fourth-order valence-corrected chi connectivity index (χ4v) is 5.45. The third kappa shape index (κ3) is 7.68. The van der Waals surface area contributed by atoms with Crippen molar-refractivity contribution in [2.45, 2.75) is 19.4 Å². The van der Waals surface area contributed by atoms with Crippen molar-refractivity contribution in [3.05, 3.63) is 59.7 Å². The first-order valence-corrected chi connectivity index (χ1v) is 14.6. The lowest BCUT2D eigenvalue weighted by Crippen LogP contribution is -2.49. The first-order chi connectivity index (χ1) is 20.1. The molecular formula is C30H40N6O5. The van der Waals surface area contributed by atoms with Gasteiger partial charge < -0.3 is 34.4 Å². The molecule has 0 saturated carbocycles. The first kappa shape index (κ1) is 28.7. The highest BCUT2D eigenvalue weighted by molar-refractivity contribution is 5.98. The summed E-state index contributed by atoms with van der Waals surface area (Å²) in [6.45, 7) is 8.03. The normalized spacial score (nSPS) is 18.3. The Bertz CT molecular complexity index is 1180. The second kappa shape index (κ2) is 14.2. The van der Waals surface area contributed by atoms with Crippen molar-refractivity contribution in [2.24, 2.45) is 0 Å². The predicted molar refractivity (Wildman–Crippen MR) is 156 cm³/mol. The molecule has 0 aromatic heterocycles. The van der Waals surface area contributed by atoms with Crippen molar-refractivity contribution < 1.29 is 23.9 Å². The van der Waals surface area contributed by atoms with Crippen molar-refractivity contribution >= 4 is 29.4 Å². The number of morpholine rings is 1. The SMILES string of the molecule is O=C(Nc1cc(C(=O)N2CCCNCC2)ccc1N1CCCN(C(=O)N2CCOCC2)CC1)OCc1ccccc1. The van der Waals surface area contributed by atoms with Gasteiger partial charge >= 0.3 is 12.1 Å². The standard InChI is InChI=1S/C30H40N6O5/c37-28(34-12-4-10-31-11-15-34)25-8-9-27(26(22-25)32-29(38)41-23-24-6-2-1-3-7-24)33-13-5-14-35(17-16-33)30(39)36-18-20-40-21-19-36/h1-3,6-9,22,31H,4-5,10-21,23H2,(H,32,38). The zero-order chi connectivity index (χ0) is 28.4. The summed E-state index contributed by atoms with van der Waals surface area (Å²) in [5.41, 5.74) is 2.73. The van der Waals surface area contributed by atoms with Gasteiger partial charge in [-0.3, -0.25) is 10.1 Å². The molecule has 220 valence electrons. The summed E-state index contributed by atoms with van der Waals surface area (Å²) in [6.07, 6.45) is 1.10. The van der Waals surface area contributed by atoms with E-state index in [1.54, 1.807) is 6.07 Å². The van der Waals surface area contributed by atoms with Gasteiger partial charge in [0.25, 0.3) is 5.91 Å². The fraction of sp³-hybridized carbons (Fsp3) is 0.500. The van der Waals surface area contributed by atoms with Gasteiger partial charge in [0, 0.05) is 64.5 Å². The minimum atomic E-state index is -0.586. The summed E-state index contributed by atoms with van der Waals surface area (Å²) in [5.74, 6) is -0.0564. The van der Waals surface area contributed by atoms with E-state index in [2.05, 4.69) is 15.5 Å². The zero-order valence-electron chi connectivity index (χ0n) is 23.6. The lowest BCUT2D eigenvalue weighted by molar-refractivity contribution is 0.0438.